The molecular formula is C26H26N2O3S. The summed E-state index contributed by atoms with van der Waals surface area (Å²) in [5, 5.41) is 7.15. The van der Waals surface area contributed by atoms with Crippen LogP contribution < -0.4 is 14.2 Å². The van der Waals surface area contributed by atoms with Gasteiger partial charge in [-0.05, 0) is 61.2 Å². The third-order valence-corrected chi connectivity index (χ3v) is 6.64. The molecule has 3 aromatic rings. The first-order valence-electron chi connectivity index (χ1n) is 10.8. The Balaban J connectivity index is 1.55. The third-order valence-electron chi connectivity index (χ3n) is 5.90. The molecule has 0 saturated carbocycles. The highest BCUT2D eigenvalue weighted by Crippen LogP contribution is 2.50. The molecule has 0 amide bonds. The number of ether oxygens (including phenoxy) is 3. The molecule has 2 aliphatic rings. The lowest BCUT2D eigenvalue weighted by Crippen LogP contribution is -2.33. The minimum Gasteiger partial charge on any atom is -0.494 e. The van der Waals surface area contributed by atoms with E-state index in [1.165, 1.54) is 4.90 Å². The average Bonchev–Trinajstić information content (AvgIpc) is 3.30. The van der Waals surface area contributed by atoms with E-state index in [9.17, 15) is 0 Å². The fourth-order valence-corrected chi connectivity index (χ4v) is 4.73. The molecule has 0 spiro atoms. The van der Waals surface area contributed by atoms with Crippen molar-refractivity contribution < 1.29 is 14.2 Å². The number of fused-ring (bicyclic) bond motifs is 3. The average molecular weight is 447 g/mol. The summed E-state index contributed by atoms with van der Waals surface area (Å²) < 4.78 is 17.8. The minimum atomic E-state index is -0.320. The van der Waals surface area contributed by atoms with Gasteiger partial charge in [-0.15, -0.1) is 11.8 Å². The van der Waals surface area contributed by atoms with E-state index < -0.39 is 0 Å². The number of hydrogen-bond donors (Lipinski definition) is 0. The molecule has 0 radical (unpaired) electrons. The number of methoxy groups -OCH3 is 1. The van der Waals surface area contributed by atoms with E-state index in [2.05, 4.69) is 53.7 Å². The van der Waals surface area contributed by atoms with Crippen molar-refractivity contribution in [3.8, 4) is 17.2 Å². The van der Waals surface area contributed by atoms with Gasteiger partial charge in [-0.25, -0.2) is 5.01 Å². The van der Waals surface area contributed by atoms with Crippen LogP contribution in [0.4, 0.5) is 0 Å². The van der Waals surface area contributed by atoms with Crippen LogP contribution in [0.2, 0.25) is 0 Å². The lowest BCUT2D eigenvalue weighted by molar-refractivity contribution is -0.0209. The number of hydrogen-bond acceptors (Lipinski definition) is 6. The highest BCUT2D eigenvalue weighted by Gasteiger charge is 2.42. The number of nitrogens with zero attached hydrogens (tertiary/aromatic N) is 2. The van der Waals surface area contributed by atoms with Gasteiger partial charge in [0.2, 0.25) is 6.23 Å². The number of hydrazone groups is 1. The van der Waals surface area contributed by atoms with Crippen LogP contribution in [0.1, 0.15) is 42.3 Å². The zero-order chi connectivity index (χ0) is 22.1. The largest absolute Gasteiger partial charge is 0.494 e. The normalized spacial score (nSPS) is 19.0. The fraction of sp³-hybridized carbons (Fsp3) is 0.269. The van der Waals surface area contributed by atoms with Gasteiger partial charge in [-0.1, -0.05) is 24.3 Å². The van der Waals surface area contributed by atoms with Gasteiger partial charge in [0.1, 0.15) is 5.75 Å². The standard InChI is InChI=1S/C26H26N2O3S/c1-4-30-19-12-8-17(9-13-19)22-16-23-21-6-5-7-24(29-2)25(21)31-26(28(23)27-22)18-10-14-20(32-3)15-11-18/h5-15,23,26H,4,16H2,1-3H3. The Bertz CT molecular complexity index is 1130. The van der Waals surface area contributed by atoms with Gasteiger partial charge in [0.05, 0.1) is 25.5 Å². The predicted octanol–water partition coefficient (Wildman–Crippen LogP) is 6.06. The van der Waals surface area contributed by atoms with Crippen molar-refractivity contribution in [3.63, 3.8) is 0 Å². The maximum absolute atomic E-state index is 6.53. The van der Waals surface area contributed by atoms with Crippen LogP contribution in [0.5, 0.6) is 17.2 Å². The second-order valence-electron chi connectivity index (χ2n) is 7.73. The fourth-order valence-electron chi connectivity index (χ4n) is 4.32. The zero-order valence-electron chi connectivity index (χ0n) is 18.4. The second-order valence-corrected chi connectivity index (χ2v) is 8.61. The molecule has 5 nitrogen and oxygen atoms in total. The molecule has 2 aliphatic heterocycles. The quantitative estimate of drug-likeness (QED) is 0.431. The number of benzene rings is 3. The minimum absolute atomic E-state index is 0.0839. The molecule has 0 N–H and O–H groups in total. The Morgan fingerprint density at radius 2 is 1.84 bits per heavy atom. The molecule has 164 valence electrons. The lowest BCUT2D eigenvalue weighted by atomic mass is 9.95. The monoisotopic (exact) mass is 446 g/mol. The van der Waals surface area contributed by atoms with Crippen LogP contribution in [0.3, 0.4) is 0 Å². The van der Waals surface area contributed by atoms with Crippen LogP contribution in [-0.2, 0) is 0 Å². The van der Waals surface area contributed by atoms with E-state index in [4.69, 9.17) is 19.3 Å². The van der Waals surface area contributed by atoms with Crippen molar-refractivity contribution in [2.75, 3.05) is 20.0 Å². The van der Waals surface area contributed by atoms with Crippen molar-refractivity contribution in [2.24, 2.45) is 5.10 Å². The molecule has 32 heavy (non-hydrogen) atoms. The Morgan fingerprint density at radius 1 is 1.06 bits per heavy atom. The summed E-state index contributed by atoms with van der Waals surface area (Å²) in [5.74, 6) is 2.43. The van der Waals surface area contributed by atoms with Gasteiger partial charge in [-0.3, -0.25) is 0 Å². The maximum atomic E-state index is 6.53. The molecule has 0 saturated heterocycles. The summed E-state index contributed by atoms with van der Waals surface area (Å²) in [6, 6.07) is 22.8. The first kappa shape index (κ1) is 20.8. The predicted molar refractivity (Wildman–Crippen MR) is 128 cm³/mol. The van der Waals surface area contributed by atoms with Gasteiger partial charge >= 0.3 is 0 Å². The lowest BCUT2D eigenvalue weighted by Gasteiger charge is -2.38. The molecule has 6 heteroatoms. The topological polar surface area (TPSA) is 43.3 Å². The maximum Gasteiger partial charge on any atom is 0.214 e. The number of para-hydroxylation sites is 1. The Labute approximate surface area is 193 Å². The van der Waals surface area contributed by atoms with E-state index in [-0.39, 0.29) is 12.3 Å². The van der Waals surface area contributed by atoms with Crippen LogP contribution >= 0.6 is 11.8 Å². The molecule has 2 unspecified atom stereocenters. The van der Waals surface area contributed by atoms with Crippen LogP contribution in [-0.4, -0.2) is 30.7 Å². The second kappa shape index (κ2) is 8.79. The molecule has 0 aliphatic carbocycles. The smallest absolute Gasteiger partial charge is 0.214 e. The van der Waals surface area contributed by atoms with Gasteiger partial charge in [0.25, 0.3) is 0 Å². The summed E-state index contributed by atoms with van der Waals surface area (Å²) >= 11 is 1.73. The van der Waals surface area contributed by atoms with E-state index >= 15 is 0 Å². The van der Waals surface area contributed by atoms with Crippen molar-refractivity contribution in [3.05, 3.63) is 83.4 Å². The third kappa shape index (κ3) is 3.69. The van der Waals surface area contributed by atoms with Crippen molar-refractivity contribution in [1.82, 2.24) is 5.01 Å². The number of rotatable bonds is 6. The summed E-state index contributed by atoms with van der Waals surface area (Å²) in [6.45, 7) is 2.65. The molecule has 2 heterocycles. The summed E-state index contributed by atoms with van der Waals surface area (Å²) in [7, 11) is 1.68. The van der Waals surface area contributed by atoms with E-state index in [0.717, 1.165) is 46.1 Å². The Hall–Kier alpha value is -3.12. The van der Waals surface area contributed by atoms with Crippen LogP contribution in [0.25, 0.3) is 0 Å². The van der Waals surface area contributed by atoms with Gasteiger partial charge in [-0.2, -0.15) is 5.10 Å². The highest BCUT2D eigenvalue weighted by atomic mass is 32.2. The Kier molecular flexibility index (Phi) is 5.70. The van der Waals surface area contributed by atoms with E-state index in [1.807, 2.05) is 31.2 Å². The summed E-state index contributed by atoms with van der Waals surface area (Å²) in [5.41, 5.74) is 4.32. The molecule has 5 rings (SSSR count). The summed E-state index contributed by atoms with van der Waals surface area (Å²) in [4.78, 5) is 1.22. The van der Waals surface area contributed by atoms with Crippen LogP contribution in [0.15, 0.2) is 76.7 Å². The Morgan fingerprint density at radius 3 is 2.53 bits per heavy atom. The molecule has 2 atom stereocenters. The zero-order valence-corrected chi connectivity index (χ0v) is 19.3. The van der Waals surface area contributed by atoms with Crippen molar-refractivity contribution >= 4 is 17.5 Å². The van der Waals surface area contributed by atoms with E-state index in [1.54, 1.807) is 18.9 Å². The number of thioether (sulfide) groups is 1. The van der Waals surface area contributed by atoms with E-state index in [0.29, 0.717) is 6.61 Å². The molecule has 0 bridgehead atoms. The van der Waals surface area contributed by atoms with Gasteiger partial charge < -0.3 is 14.2 Å². The van der Waals surface area contributed by atoms with Crippen molar-refractivity contribution in [1.29, 1.82) is 0 Å². The first-order chi connectivity index (χ1) is 15.7. The van der Waals surface area contributed by atoms with Gasteiger partial charge in [0.15, 0.2) is 11.5 Å². The van der Waals surface area contributed by atoms with Crippen LogP contribution in [0, 0.1) is 0 Å². The molecule has 0 fully saturated rings. The van der Waals surface area contributed by atoms with Gasteiger partial charge in [0, 0.05) is 22.4 Å². The van der Waals surface area contributed by atoms with Crippen molar-refractivity contribution in [2.45, 2.75) is 30.5 Å². The first-order valence-corrected chi connectivity index (χ1v) is 12.0. The SMILES string of the molecule is CCOc1ccc(C2=NN3C(C2)c2cccc(OC)c2OC3c2ccc(SC)cc2)cc1. The molecule has 0 aromatic heterocycles. The molecular weight excluding hydrogens is 420 g/mol. The molecule has 3 aromatic carbocycles. The highest BCUT2D eigenvalue weighted by molar-refractivity contribution is 7.98. The summed E-state index contributed by atoms with van der Waals surface area (Å²) in [6.07, 6.45) is 2.56.